The third kappa shape index (κ3) is 4.16. The van der Waals surface area contributed by atoms with Crippen molar-refractivity contribution in [1.82, 2.24) is 0 Å². The highest BCUT2D eigenvalue weighted by molar-refractivity contribution is 6.19. The minimum absolute atomic E-state index is 0.288. The predicted octanol–water partition coefficient (Wildman–Crippen LogP) is 3.84. The average molecular weight is 237 g/mol. The lowest BCUT2D eigenvalue weighted by Crippen LogP contribution is -2.13. The fourth-order valence-corrected chi connectivity index (χ4v) is 1.50. The minimum Gasteiger partial charge on any atom is -0.490 e. The van der Waals surface area contributed by atoms with E-state index in [0.29, 0.717) is 5.88 Å². The number of ether oxygens (including phenoxy) is 1. The third-order valence-corrected chi connectivity index (χ3v) is 2.48. The van der Waals surface area contributed by atoms with Crippen LogP contribution in [0.3, 0.4) is 0 Å². The summed E-state index contributed by atoms with van der Waals surface area (Å²) in [5.74, 6) is 7.06. The zero-order chi connectivity index (χ0) is 11.8. The Labute approximate surface area is 103 Å². The molecule has 0 aliphatic carbocycles. The van der Waals surface area contributed by atoms with Gasteiger partial charge in [0.15, 0.2) is 0 Å². The van der Waals surface area contributed by atoms with Crippen molar-refractivity contribution in [2.24, 2.45) is 0 Å². The zero-order valence-electron chi connectivity index (χ0n) is 9.79. The summed E-state index contributed by atoms with van der Waals surface area (Å²) in [5, 5.41) is 0. The van der Waals surface area contributed by atoms with Crippen molar-refractivity contribution in [2.75, 3.05) is 5.88 Å². The maximum absolute atomic E-state index is 5.83. The fourth-order valence-electron chi connectivity index (χ4n) is 1.43. The summed E-state index contributed by atoms with van der Waals surface area (Å²) in [6, 6.07) is 7.83. The first kappa shape index (κ1) is 12.9. The summed E-state index contributed by atoms with van der Waals surface area (Å²) in [7, 11) is 0. The Morgan fingerprint density at radius 2 is 2.06 bits per heavy atom. The van der Waals surface area contributed by atoms with E-state index in [1.807, 2.05) is 24.3 Å². The van der Waals surface area contributed by atoms with Gasteiger partial charge in [-0.3, -0.25) is 0 Å². The molecule has 0 aliphatic rings. The average Bonchev–Trinajstić information content (AvgIpc) is 2.34. The van der Waals surface area contributed by atoms with E-state index in [1.54, 1.807) is 0 Å². The number of hydrogen-bond donors (Lipinski definition) is 0. The van der Waals surface area contributed by atoms with E-state index in [1.165, 1.54) is 0 Å². The molecule has 0 heterocycles. The normalized spacial score (nSPS) is 9.75. The smallest absolute Gasteiger partial charge is 0.120 e. The maximum Gasteiger partial charge on any atom is 0.120 e. The van der Waals surface area contributed by atoms with Crippen molar-refractivity contribution >= 4 is 11.6 Å². The molecule has 0 saturated heterocycles. The zero-order valence-corrected chi connectivity index (χ0v) is 10.6. The van der Waals surface area contributed by atoms with E-state index in [-0.39, 0.29) is 6.10 Å². The summed E-state index contributed by atoms with van der Waals surface area (Å²) in [6.45, 7) is 4.26. The molecule has 1 aromatic carbocycles. The second kappa shape index (κ2) is 7.19. The molecule has 0 spiro atoms. The highest BCUT2D eigenvalue weighted by atomic mass is 35.5. The van der Waals surface area contributed by atoms with E-state index in [9.17, 15) is 0 Å². The molecule has 0 atom stereocenters. The van der Waals surface area contributed by atoms with Crippen LogP contribution in [0.1, 0.15) is 32.3 Å². The lowest BCUT2D eigenvalue weighted by Gasteiger charge is -2.15. The van der Waals surface area contributed by atoms with Crippen LogP contribution in [0.2, 0.25) is 0 Å². The molecule has 1 aromatic rings. The van der Waals surface area contributed by atoms with Crippen molar-refractivity contribution in [2.45, 2.75) is 32.8 Å². The van der Waals surface area contributed by atoms with Gasteiger partial charge in [0, 0.05) is 5.56 Å². The van der Waals surface area contributed by atoms with E-state index >= 15 is 0 Å². The van der Waals surface area contributed by atoms with Crippen LogP contribution in [0.25, 0.3) is 0 Å². The monoisotopic (exact) mass is 236 g/mol. The van der Waals surface area contributed by atoms with Gasteiger partial charge in [0.1, 0.15) is 5.75 Å². The largest absolute Gasteiger partial charge is 0.490 e. The van der Waals surface area contributed by atoms with Gasteiger partial charge in [0.2, 0.25) is 0 Å². The Bertz CT molecular complexity index is 372. The van der Waals surface area contributed by atoms with Gasteiger partial charge >= 0.3 is 0 Å². The summed E-state index contributed by atoms with van der Waals surface area (Å²) >= 11 is 5.52. The van der Waals surface area contributed by atoms with Gasteiger partial charge in [-0.05, 0) is 31.0 Å². The van der Waals surface area contributed by atoms with E-state index in [4.69, 9.17) is 16.3 Å². The molecule has 1 rings (SSSR count). The molecule has 0 bridgehead atoms. The molecule has 86 valence electrons. The maximum atomic E-state index is 5.83. The topological polar surface area (TPSA) is 9.23 Å². The van der Waals surface area contributed by atoms with Crippen LogP contribution in [-0.4, -0.2) is 12.0 Å². The quantitative estimate of drug-likeness (QED) is 0.570. The van der Waals surface area contributed by atoms with Gasteiger partial charge in [-0.25, -0.2) is 0 Å². The van der Waals surface area contributed by atoms with Crippen LogP contribution in [-0.2, 0) is 0 Å². The standard InChI is InChI=1S/C14H17ClO/c1-3-13(4-2)16-14-9-5-7-12(11-14)8-6-10-15/h5,7,9,11,13H,3-4,10H2,1-2H3. The lowest BCUT2D eigenvalue weighted by molar-refractivity contribution is 0.193. The molecule has 0 saturated carbocycles. The first-order valence-electron chi connectivity index (χ1n) is 5.61. The van der Waals surface area contributed by atoms with Crippen LogP contribution >= 0.6 is 11.6 Å². The van der Waals surface area contributed by atoms with Crippen molar-refractivity contribution in [3.63, 3.8) is 0 Å². The van der Waals surface area contributed by atoms with Gasteiger partial charge < -0.3 is 4.74 Å². The fraction of sp³-hybridized carbons (Fsp3) is 0.429. The second-order valence-electron chi connectivity index (χ2n) is 3.52. The molecule has 0 N–H and O–H groups in total. The number of hydrogen-bond acceptors (Lipinski definition) is 1. The molecule has 2 heteroatoms. The van der Waals surface area contributed by atoms with Crippen LogP contribution in [0.15, 0.2) is 24.3 Å². The van der Waals surface area contributed by atoms with Crippen LogP contribution in [0.5, 0.6) is 5.75 Å². The van der Waals surface area contributed by atoms with Crippen molar-refractivity contribution in [3.05, 3.63) is 29.8 Å². The van der Waals surface area contributed by atoms with Gasteiger partial charge in [-0.15, -0.1) is 11.6 Å². The molecule has 0 amide bonds. The Hall–Kier alpha value is -1.13. The Balaban J connectivity index is 2.74. The summed E-state index contributed by atoms with van der Waals surface area (Å²) in [5.41, 5.74) is 0.948. The van der Waals surface area contributed by atoms with Gasteiger partial charge in [-0.1, -0.05) is 31.8 Å². The summed E-state index contributed by atoms with van der Waals surface area (Å²) < 4.78 is 5.83. The number of alkyl halides is 1. The highest BCUT2D eigenvalue weighted by Crippen LogP contribution is 2.16. The number of rotatable bonds is 4. The van der Waals surface area contributed by atoms with Gasteiger partial charge in [-0.2, -0.15) is 0 Å². The first-order chi connectivity index (χ1) is 7.80. The van der Waals surface area contributed by atoms with Crippen LogP contribution in [0, 0.1) is 11.8 Å². The number of benzene rings is 1. The van der Waals surface area contributed by atoms with Gasteiger partial charge in [0.25, 0.3) is 0 Å². The Morgan fingerprint density at radius 1 is 1.31 bits per heavy atom. The molecular weight excluding hydrogens is 220 g/mol. The number of halogens is 1. The third-order valence-electron chi connectivity index (χ3n) is 2.35. The highest BCUT2D eigenvalue weighted by Gasteiger charge is 2.04. The van der Waals surface area contributed by atoms with E-state index < -0.39 is 0 Å². The second-order valence-corrected chi connectivity index (χ2v) is 3.79. The minimum atomic E-state index is 0.288. The van der Waals surface area contributed by atoms with Crippen LogP contribution in [0.4, 0.5) is 0 Å². The van der Waals surface area contributed by atoms with Crippen LogP contribution < -0.4 is 4.74 Å². The van der Waals surface area contributed by atoms with Crippen molar-refractivity contribution < 1.29 is 4.74 Å². The molecular formula is C14H17ClO. The van der Waals surface area contributed by atoms with Crippen molar-refractivity contribution in [1.29, 1.82) is 0 Å². The van der Waals surface area contributed by atoms with Gasteiger partial charge in [0.05, 0.1) is 12.0 Å². The summed E-state index contributed by atoms with van der Waals surface area (Å²) in [4.78, 5) is 0. The Kier molecular flexibility index (Phi) is 5.82. The van der Waals surface area contributed by atoms with Crippen molar-refractivity contribution in [3.8, 4) is 17.6 Å². The van der Waals surface area contributed by atoms with E-state index in [0.717, 1.165) is 24.2 Å². The molecule has 16 heavy (non-hydrogen) atoms. The Morgan fingerprint density at radius 3 is 2.69 bits per heavy atom. The lowest BCUT2D eigenvalue weighted by atomic mass is 10.2. The molecule has 0 fully saturated rings. The predicted molar refractivity (Wildman–Crippen MR) is 69.0 cm³/mol. The molecule has 0 aliphatic heterocycles. The molecule has 0 radical (unpaired) electrons. The molecule has 0 aromatic heterocycles. The SMILES string of the molecule is CCC(CC)Oc1cccc(C#CCCl)c1. The van der Waals surface area contributed by atoms with E-state index in [2.05, 4.69) is 25.7 Å². The first-order valence-corrected chi connectivity index (χ1v) is 6.15. The molecule has 1 nitrogen and oxygen atoms in total. The summed E-state index contributed by atoms with van der Waals surface area (Å²) in [6.07, 6.45) is 2.33. The molecule has 0 unspecified atom stereocenters.